The summed E-state index contributed by atoms with van der Waals surface area (Å²) in [4.78, 5) is 2.59. The molecule has 0 radical (unpaired) electrons. The third-order valence-electron chi connectivity index (χ3n) is 3.78. The normalized spacial score (nSPS) is 17.1. The smallest absolute Gasteiger partial charge is 0.118 e. The molecule has 18 heavy (non-hydrogen) atoms. The molecule has 2 rings (SSSR count). The number of nitrogens with zero attached hydrogens (tertiary/aromatic N) is 1. The zero-order valence-electron chi connectivity index (χ0n) is 11.5. The summed E-state index contributed by atoms with van der Waals surface area (Å²) >= 11 is 0. The largest absolute Gasteiger partial charge is 0.497 e. The molecule has 1 saturated heterocycles. The van der Waals surface area contributed by atoms with Crippen molar-refractivity contribution in [2.45, 2.75) is 32.4 Å². The molecule has 0 aliphatic carbocycles. The Hall–Kier alpha value is -1.06. The molecular formula is C15H24N2O. The van der Waals surface area contributed by atoms with E-state index < -0.39 is 0 Å². The van der Waals surface area contributed by atoms with Crippen LogP contribution in [-0.4, -0.2) is 37.7 Å². The predicted octanol–water partition coefficient (Wildman–Crippen LogP) is 2.27. The molecule has 1 N–H and O–H groups in total. The number of methoxy groups -OCH3 is 1. The summed E-state index contributed by atoms with van der Waals surface area (Å²) < 4.78 is 5.19. The minimum absolute atomic E-state index is 0.735. The molecule has 3 nitrogen and oxygen atoms in total. The summed E-state index contributed by atoms with van der Waals surface area (Å²) in [5.74, 6) is 0.934. The molecule has 0 saturated carbocycles. The fourth-order valence-corrected chi connectivity index (χ4v) is 2.64. The van der Waals surface area contributed by atoms with E-state index in [-0.39, 0.29) is 0 Å². The second-order valence-corrected chi connectivity index (χ2v) is 4.89. The third kappa shape index (κ3) is 3.47. The summed E-state index contributed by atoms with van der Waals surface area (Å²) in [6.45, 7) is 6.74. The molecular weight excluding hydrogens is 224 g/mol. The highest BCUT2D eigenvalue weighted by Gasteiger charge is 2.19. The average Bonchev–Trinajstić information content (AvgIpc) is 2.46. The van der Waals surface area contributed by atoms with E-state index in [4.69, 9.17) is 4.74 Å². The Morgan fingerprint density at radius 2 is 1.89 bits per heavy atom. The second-order valence-electron chi connectivity index (χ2n) is 4.89. The van der Waals surface area contributed by atoms with Crippen molar-refractivity contribution in [3.63, 3.8) is 0 Å². The molecule has 1 fully saturated rings. The number of piperidine rings is 1. The van der Waals surface area contributed by atoms with E-state index in [9.17, 15) is 0 Å². The van der Waals surface area contributed by atoms with Crippen LogP contribution in [0, 0.1) is 0 Å². The van der Waals surface area contributed by atoms with Gasteiger partial charge in [0.1, 0.15) is 5.75 Å². The van der Waals surface area contributed by atoms with Crippen LogP contribution < -0.4 is 10.1 Å². The summed E-state index contributed by atoms with van der Waals surface area (Å²) in [5, 5.41) is 3.43. The summed E-state index contributed by atoms with van der Waals surface area (Å²) in [6.07, 6.45) is 2.54. The van der Waals surface area contributed by atoms with Crippen molar-refractivity contribution in [1.82, 2.24) is 10.2 Å². The highest BCUT2D eigenvalue weighted by atomic mass is 16.5. The third-order valence-corrected chi connectivity index (χ3v) is 3.78. The van der Waals surface area contributed by atoms with Crippen molar-refractivity contribution in [1.29, 1.82) is 0 Å². The van der Waals surface area contributed by atoms with Crippen LogP contribution in [0.4, 0.5) is 0 Å². The van der Waals surface area contributed by atoms with E-state index in [1.807, 2.05) is 12.1 Å². The lowest BCUT2D eigenvalue weighted by Gasteiger charge is -2.33. The quantitative estimate of drug-likeness (QED) is 0.865. The van der Waals surface area contributed by atoms with Crippen molar-refractivity contribution >= 4 is 0 Å². The lowest BCUT2D eigenvalue weighted by molar-refractivity contribution is 0.162. The van der Waals surface area contributed by atoms with Crippen LogP contribution in [0.3, 0.4) is 0 Å². The number of hydrogen-bond acceptors (Lipinski definition) is 3. The molecule has 1 aromatic carbocycles. The van der Waals surface area contributed by atoms with Gasteiger partial charge in [0.25, 0.3) is 0 Å². The van der Waals surface area contributed by atoms with Gasteiger partial charge in [-0.2, -0.15) is 0 Å². The van der Waals surface area contributed by atoms with Crippen LogP contribution >= 0.6 is 0 Å². The maximum atomic E-state index is 5.19. The fraction of sp³-hybridized carbons (Fsp3) is 0.600. The van der Waals surface area contributed by atoms with Gasteiger partial charge < -0.3 is 10.1 Å². The van der Waals surface area contributed by atoms with Crippen molar-refractivity contribution in [2.24, 2.45) is 0 Å². The second kappa shape index (κ2) is 6.76. The lowest BCUT2D eigenvalue weighted by atomic mass is 10.0. The van der Waals surface area contributed by atoms with Gasteiger partial charge in [0.15, 0.2) is 0 Å². The maximum Gasteiger partial charge on any atom is 0.118 e. The van der Waals surface area contributed by atoms with Crippen molar-refractivity contribution in [3.05, 3.63) is 29.8 Å². The van der Waals surface area contributed by atoms with Gasteiger partial charge in [-0.1, -0.05) is 19.1 Å². The number of ether oxygens (including phenoxy) is 1. The van der Waals surface area contributed by atoms with Gasteiger partial charge in [-0.05, 0) is 50.2 Å². The summed E-state index contributed by atoms with van der Waals surface area (Å²) in [6, 6.07) is 9.17. The van der Waals surface area contributed by atoms with Crippen LogP contribution in [0.1, 0.15) is 25.3 Å². The lowest BCUT2D eigenvalue weighted by Crippen LogP contribution is -2.42. The Balaban J connectivity index is 1.95. The van der Waals surface area contributed by atoms with E-state index in [2.05, 4.69) is 29.3 Å². The van der Waals surface area contributed by atoms with Crippen molar-refractivity contribution in [2.75, 3.05) is 26.7 Å². The van der Waals surface area contributed by atoms with Crippen molar-refractivity contribution < 1.29 is 4.74 Å². The van der Waals surface area contributed by atoms with Crippen LogP contribution in [0.15, 0.2) is 24.3 Å². The number of nitrogens with one attached hydrogen (secondary N) is 1. The molecule has 0 aromatic heterocycles. The minimum Gasteiger partial charge on any atom is -0.497 e. The molecule has 0 atom stereocenters. The maximum absolute atomic E-state index is 5.19. The first-order valence-corrected chi connectivity index (χ1v) is 6.91. The molecule has 1 aromatic rings. The highest BCUT2D eigenvalue weighted by molar-refractivity contribution is 5.27. The van der Waals surface area contributed by atoms with E-state index in [1.165, 1.54) is 18.4 Å². The van der Waals surface area contributed by atoms with Crippen LogP contribution in [0.2, 0.25) is 0 Å². The standard InChI is InChI=1S/C15H24N2O/c1-3-17(14-8-10-16-11-9-14)12-13-4-6-15(18-2)7-5-13/h4-7,14,16H,3,8-12H2,1-2H3. The van der Waals surface area contributed by atoms with E-state index in [0.717, 1.165) is 38.0 Å². The van der Waals surface area contributed by atoms with Gasteiger partial charge in [-0.15, -0.1) is 0 Å². The molecule has 0 amide bonds. The Bertz CT molecular complexity index is 344. The average molecular weight is 248 g/mol. The Morgan fingerprint density at radius 1 is 1.22 bits per heavy atom. The first-order chi connectivity index (χ1) is 8.83. The summed E-state index contributed by atoms with van der Waals surface area (Å²) in [7, 11) is 1.71. The Labute approximate surface area is 110 Å². The Morgan fingerprint density at radius 3 is 2.44 bits per heavy atom. The molecule has 1 aliphatic heterocycles. The van der Waals surface area contributed by atoms with Crippen LogP contribution in [0.25, 0.3) is 0 Å². The minimum atomic E-state index is 0.735. The van der Waals surface area contributed by atoms with Gasteiger partial charge >= 0.3 is 0 Å². The van der Waals surface area contributed by atoms with Gasteiger partial charge in [-0.3, -0.25) is 4.90 Å². The van der Waals surface area contributed by atoms with Crippen LogP contribution in [0.5, 0.6) is 5.75 Å². The van der Waals surface area contributed by atoms with Gasteiger partial charge in [0.05, 0.1) is 7.11 Å². The first kappa shape index (κ1) is 13.4. The van der Waals surface area contributed by atoms with E-state index in [0.29, 0.717) is 0 Å². The zero-order chi connectivity index (χ0) is 12.8. The SMILES string of the molecule is CCN(Cc1ccc(OC)cc1)C1CCNCC1. The van der Waals surface area contributed by atoms with Gasteiger partial charge in [0, 0.05) is 12.6 Å². The molecule has 0 unspecified atom stereocenters. The van der Waals surface area contributed by atoms with Crippen molar-refractivity contribution in [3.8, 4) is 5.75 Å². The van der Waals surface area contributed by atoms with E-state index >= 15 is 0 Å². The molecule has 3 heteroatoms. The van der Waals surface area contributed by atoms with E-state index in [1.54, 1.807) is 7.11 Å². The van der Waals surface area contributed by atoms with Gasteiger partial charge in [-0.25, -0.2) is 0 Å². The number of benzene rings is 1. The molecule has 0 bridgehead atoms. The zero-order valence-corrected chi connectivity index (χ0v) is 11.5. The molecule has 1 heterocycles. The highest BCUT2D eigenvalue weighted by Crippen LogP contribution is 2.17. The fourth-order valence-electron chi connectivity index (χ4n) is 2.64. The summed E-state index contributed by atoms with van der Waals surface area (Å²) in [5.41, 5.74) is 1.37. The van der Waals surface area contributed by atoms with Crippen LogP contribution in [-0.2, 0) is 6.54 Å². The van der Waals surface area contributed by atoms with Gasteiger partial charge in [0.2, 0.25) is 0 Å². The number of hydrogen-bond donors (Lipinski definition) is 1. The topological polar surface area (TPSA) is 24.5 Å². The monoisotopic (exact) mass is 248 g/mol. The molecule has 100 valence electrons. The Kier molecular flexibility index (Phi) is 5.02. The first-order valence-electron chi connectivity index (χ1n) is 6.91. The molecule has 0 spiro atoms. The predicted molar refractivity (Wildman–Crippen MR) is 75.0 cm³/mol. The number of rotatable bonds is 5. The molecule has 1 aliphatic rings.